The van der Waals surface area contributed by atoms with Gasteiger partial charge in [0, 0.05) is 6.54 Å². The van der Waals surface area contributed by atoms with Gasteiger partial charge in [-0.25, -0.2) is 13.4 Å². The van der Waals surface area contributed by atoms with Gasteiger partial charge in [0.2, 0.25) is 0 Å². The van der Waals surface area contributed by atoms with E-state index >= 15 is 0 Å². The molecule has 0 saturated heterocycles. The quantitative estimate of drug-likeness (QED) is 0.494. The number of nitrogens with zero attached hydrogens (tertiary/aromatic N) is 2. The molecule has 0 aliphatic heterocycles. The second kappa shape index (κ2) is 5.28. The average molecular weight is 259 g/mol. The molecule has 0 spiro atoms. The standard InChI is InChI=1S/C9H17N5O2S/c1-3-4-14(6-8(10)11)17(15,16)9-5-12-7(2)13-9/h5H,3-4,6H2,1-2H3,(H3,10,11)(H,12,13). The minimum Gasteiger partial charge on any atom is -0.387 e. The highest BCUT2D eigenvalue weighted by Gasteiger charge is 2.25. The molecule has 0 aromatic carbocycles. The molecule has 0 amide bonds. The molecule has 0 bridgehead atoms. The molecule has 8 heteroatoms. The number of H-pyrrole nitrogens is 1. The summed E-state index contributed by atoms with van der Waals surface area (Å²) in [4.78, 5) is 6.53. The Bertz CT molecular complexity index is 493. The molecular weight excluding hydrogens is 242 g/mol. The van der Waals surface area contributed by atoms with Crippen molar-refractivity contribution in [2.75, 3.05) is 13.1 Å². The van der Waals surface area contributed by atoms with Gasteiger partial charge in [-0.15, -0.1) is 0 Å². The molecule has 0 saturated carbocycles. The smallest absolute Gasteiger partial charge is 0.260 e. The topological polar surface area (TPSA) is 116 Å². The van der Waals surface area contributed by atoms with Crippen LogP contribution >= 0.6 is 0 Å². The summed E-state index contributed by atoms with van der Waals surface area (Å²) in [6, 6.07) is 0. The summed E-state index contributed by atoms with van der Waals surface area (Å²) in [5, 5.41) is 7.23. The third kappa shape index (κ3) is 3.27. The molecule has 7 nitrogen and oxygen atoms in total. The molecule has 1 heterocycles. The Kier molecular flexibility index (Phi) is 4.24. The zero-order valence-electron chi connectivity index (χ0n) is 9.90. The van der Waals surface area contributed by atoms with Crippen molar-refractivity contribution in [2.24, 2.45) is 5.73 Å². The molecule has 0 fully saturated rings. The van der Waals surface area contributed by atoms with Crippen LogP contribution in [0.3, 0.4) is 0 Å². The van der Waals surface area contributed by atoms with Crippen molar-refractivity contribution in [1.82, 2.24) is 14.3 Å². The molecule has 0 radical (unpaired) electrons. The summed E-state index contributed by atoms with van der Waals surface area (Å²) >= 11 is 0. The summed E-state index contributed by atoms with van der Waals surface area (Å²) in [6.45, 7) is 3.75. The van der Waals surface area contributed by atoms with Crippen LogP contribution in [-0.2, 0) is 10.0 Å². The van der Waals surface area contributed by atoms with Crippen LogP contribution in [0.2, 0.25) is 0 Å². The molecule has 17 heavy (non-hydrogen) atoms. The molecule has 1 rings (SSSR count). The van der Waals surface area contributed by atoms with Crippen LogP contribution in [0.15, 0.2) is 11.2 Å². The summed E-state index contributed by atoms with van der Waals surface area (Å²) in [6.07, 6.45) is 1.92. The lowest BCUT2D eigenvalue weighted by atomic mass is 10.4. The van der Waals surface area contributed by atoms with Crippen LogP contribution in [0.1, 0.15) is 19.2 Å². The molecule has 0 aliphatic carbocycles. The fourth-order valence-electron chi connectivity index (χ4n) is 1.39. The van der Waals surface area contributed by atoms with Crippen LogP contribution in [0, 0.1) is 12.3 Å². The average Bonchev–Trinajstić information content (AvgIpc) is 2.64. The van der Waals surface area contributed by atoms with Gasteiger partial charge in [0.05, 0.1) is 12.7 Å². The van der Waals surface area contributed by atoms with Crippen LogP contribution in [0.5, 0.6) is 0 Å². The Morgan fingerprint density at radius 2 is 2.29 bits per heavy atom. The first-order valence-electron chi connectivity index (χ1n) is 5.22. The first kappa shape index (κ1) is 13.7. The van der Waals surface area contributed by atoms with Gasteiger partial charge in [-0.3, -0.25) is 5.41 Å². The van der Waals surface area contributed by atoms with Crippen LogP contribution < -0.4 is 5.73 Å². The second-order valence-electron chi connectivity index (χ2n) is 3.70. The van der Waals surface area contributed by atoms with Crippen molar-refractivity contribution in [3.05, 3.63) is 12.0 Å². The van der Waals surface area contributed by atoms with E-state index in [0.29, 0.717) is 18.8 Å². The van der Waals surface area contributed by atoms with Gasteiger partial charge in [-0.05, 0) is 13.3 Å². The van der Waals surface area contributed by atoms with E-state index in [0.717, 1.165) is 0 Å². The van der Waals surface area contributed by atoms with Gasteiger partial charge >= 0.3 is 0 Å². The zero-order chi connectivity index (χ0) is 13.1. The van der Waals surface area contributed by atoms with E-state index in [1.165, 1.54) is 10.5 Å². The fourth-order valence-corrected chi connectivity index (χ4v) is 2.86. The Balaban J connectivity index is 3.03. The lowest BCUT2D eigenvalue weighted by Gasteiger charge is -2.19. The highest BCUT2D eigenvalue weighted by atomic mass is 32.2. The number of nitrogens with two attached hydrogens (primary N) is 1. The fraction of sp³-hybridized carbons (Fsp3) is 0.556. The maximum atomic E-state index is 12.2. The molecule has 1 aromatic heterocycles. The maximum Gasteiger partial charge on any atom is 0.260 e. The van der Waals surface area contributed by atoms with E-state index < -0.39 is 10.0 Å². The summed E-state index contributed by atoms with van der Waals surface area (Å²) in [5.74, 6) is 0.348. The Hall–Kier alpha value is -1.41. The van der Waals surface area contributed by atoms with Crippen molar-refractivity contribution in [3.63, 3.8) is 0 Å². The highest BCUT2D eigenvalue weighted by Crippen LogP contribution is 2.13. The number of amidine groups is 1. The van der Waals surface area contributed by atoms with E-state index in [2.05, 4.69) is 9.97 Å². The SMILES string of the molecule is CCCN(CC(=N)N)S(=O)(=O)c1cnc(C)[nH]1. The monoisotopic (exact) mass is 259 g/mol. The van der Waals surface area contributed by atoms with Crippen molar-refractivity contribution in [2.45, 2.75) is 25.3 Å². The van der Waals surface area contributed by atoms with Gasteiger partial charge in [0.1, 0.15) is 11.7 Å². The number of aryl methyl sites for hydroxylation is 1. The highest BCUT2D eigenvalue weighted by molar-refractivity contribution is 7.89. The molecular formula is C9H17N5O2S. The van der Waals surface area contributed by atoms with Gasteiger partial charge < -0.3 is 10.7 Å². The minimum atomic E-state index is -3.64. The van der Waals surface area contributed by atoms with Crippen LogP contribution in [0.25, 0.3) is 0 Å². The molecule has 1 aromatic rings. The van der Waals surface area contributed by atoms with Crippen LogP contribution in [-0.4, -0.2) is 41.6 Å². The summed E-state index contributed by atoms with van der Waals surface area (Å²) in [7, 11) is -3.64. The molecule has 96 valence electrons. The number of aromatic amines is 1. The zero-order valence-corrected chi connectivity index (χ0v) is 10.7. The predicted octanol–water partition coefficient (Wildman–Crippen LogP) is 0.0548. The van der Waals surface area contributed by atoms with E-state index in [1.54, 1.807) is 6.92 Å². The summed E-state index contributed by atoms with van der Waals surface area (Å²) < 4.78 is 25.5. The number of sulfonamides is 1. The normalized spacial score (nSPS) is 11.9. The van der Waals surface area contributed by atoms with Gasteiger partial charge in [0.25, 0.3) is 10.0 Å². The number of hydrogen-bond acceptors (Lipinski definition) is 4. The predicted molar refractivity (Wildman–Crippen MR) is 64.3 cm³/mol. The van der Waals surface area contributed by atoms with Gasteiger partial charge in [-0.1, -0.05) is 6.92 Å². The first-order chi connectivity index (χ1) is 7.87. The first-order valence-corrected chi connectivity index (χ1v) is 6.66. The number of rotatable bonds is 6. The number of imidazole rings is 1. The van der Waals surface area contributed by atoms with Crippen molar-refractivity contribution in [3.8, 4) is 0 Å². The molecule has 0 aliphatic rings. The molecule has 0 unspecified atom stereocenters. The van der Waals surface area contributed by atoms with E-state index in [4.69, 9.17) is 11.1 Å². The second-order valence-corrected chi connectivity index (χ2v) is 5.60. The lowest BCUT2D eigenvalue weighted by Crippen LogP contribution is -2.38. The van der Waals surface area contributed by atoms with Crippen molar-refractivity contribution >= 4 is 15.9 Å². The van der Waals surface area contributed by atoms with Gasteiger partial charge in [-0.2, -0.15) is 4.31 Å². The number of aromatic nitrogens is 2. The Labute approximate surface area is 101 Å². The van der Waals surface area contributed by atoms with E-state index in [1.807, 2.05) is 6.92 Å². The van der Waals surface area contributed by atoms with Crippen molar-refractivity contribution in [1.29, 1.82) is 5.41 Å². The van der Waals surface area contributed by atoms with E-state index in [-0.39, 0.29) is 17.4 Å². The van der Waals surface area contributed by atoms with E-state index in [9.17, 15) is 8.42 Å². The maximum absolute atomic E-state index is 12.2. The minimum absolute atomic E-state index is 0.0321. The number of nitrogens with one attached hydrogen (secondary N) is 2. The van der Waals surface area contributed by atoms with Gasteiger partial charge in [0.15, 0.2) is 5.03 Å². The molecule has 4 N–H and O–H groups in total. The number of hydrogen-bond donors (Lipinski definition) is 3. The largest absolute Gasteiger partial charge is 0.387 e. The summed E-state index contributed by atoms with van der Waals surface area (Å²) in [5.41, 5.74) is 5.25. The Morgan fingerprint density at radius 1 is 1.65 bits per heavy atom. The van der Waals surface area contributed by atoms with Crippen molar-refractivity contribution < 1.29 is 8.42 Å². The van der Waals surface area contributed by atoms with Crippen LogP contribution in [0.4, 0.5) is 0 Å². The third-order valence-corrected chi connectivity index (χ3v) is 3.87. The lowest BCUT2D eigenvalue weighted by molar-refractivity contribution is 0.445. The molecule has 0 atom stereocenters. The third-order valence-electron chi connectivity index (χ3n) is 2.12. The Morgan fingerprint density at radius 3 is 2.71 bits per heavy atom.